The monoisotopic (exact) mass is 283 g/mol. The van der Waals surface area contributed by atoms with E-state index in [-0.39, 0.29) is 0 Å². The lowest BCUT2D eigenvalue weighted by molar-refractivity contribution is 0.423. The molecule has 4 aromatic rings. The third-order valence-corrected chi connectivity index (χ3v) is 3.91. The highest BCUT2D eigenvalue weighted by Crippen LogP contribution is 2.28. The maximum Gasteiger partial charge on any atom is 0.327 e. The Morgan fingerprint density at radius 2 is 2.10 bits per heavy atom. The maximum absolute atomic E-state index is 5.87. The van der Waals surface area contributed by atoms with Crippen LogP contribution in [-0.2, 0) is 0 Å². The molecule has 0 spiro atoms. The molecule has 20 heavy (non-hydrogen) atoms. The van der Waals surface area contributed by atoms with Gasteiger partial charge in [-0.2, -0.15) is 4.98 Å². The average Bonchev–Trinajstić information content (AvgIpc) is 3.08. The normalized spacial score (nSPS) is 11.2. The van der Waals surface area contributed by atoms with Gasteiger partial charge in [0.1, 0.15) is 5.75 Å². The van der Waals surface area contributed by atoms with Gasteiger partial charge in [0, 0.05) is 0 Å². The summed E-state index contributed by atoms with van der Waals surface area (Å²) in [6.07, 6.45) is 0. The van der Waals surface area contributed by atoms with Crippen molar-refractivity contribution in [1.82, 2.24) is 25.0 Å². The molecule has 0 bridgehead atoms. The molecule has 3 heterocycles. The highest BCUT2D eigenvalue weighted by molar-refractivity contribution is 7.17. The molecule has 0 fully saturated rings. The molecule has 1 aromatic carbocycles. The topological polar surface area (TPSA) is 65.2 Å². The van der Waals surface area contributed by atoms with E-state index >= 15 is 0 Å². The van der Waals surface area contributed by atoms with Crippen LogP contribution in [0.25, 0.3) is 15.9 Å². The second-order valence-electron chi connectivity index (χ2n) is 4.31. The first-order valence-electron chi connectivity index (χ1n) is 6.02. The van der Waals surface area contributed by atoms with Crippen LogP contribution >= 0.6 is 11.3 Å². The van der Waals surface area contributed by atoms with Crippen LogP contribution in [0.5, 0.6) is 11.8 Å². The summed E-state index contributed by atoms with van der Waals surface area (Å²) in [7, 11) is 0. The fraction of sp³-hybridized carbons (Fsp3) is 0.0769. The van der Waals surface area contributed by atoms with E-state index in [0.29, 0.717) is 11.7 Å². The van der Waals surface area contributed by atoms with Gasteiger partial charge in [0.2, 0.25) is 5.65 Å². The average molecular weight is 283 g/mol. The Hall–Kier alpha value is -2.54. The molecule has 0 aliphatic heterocycles. The van der Waals surface area contributed by atoms with E-state index in [9.17, 15) is 0 Å². The minimum atomic E-state index is 0.366. The predicted molar refractivity (Wildman–Crippen MR) is 75.2 cm³/mol. The van der Waals surface area contributed by atoms with E-state index in [1.165, 1.54) is 4.52 Å². The number of aromatic nitrogens is 5. The zero-order valence-electron chi connectivity index (χ0n) is 10.5. The summed E-state index contributed by atoms with van der Waals surface area (Å²) in [5, 5.41) is 13.7. The Morgan fingerprint density at radius 1 is 1.20 bits per heavy atom. The van der Waals surface area contributed by atoms with Gasteiger partial charge in [-0.1, -0.05) is 18.2 Å². The molecule has 0 radical (unpaired) electrons. The number of hydrogen-bond donors (Lipinski definition) is 0. The number of fused-ring (bicyclic) bond motifs is 3. The molecule has 7 heteroatoms. The smallest absolute Gasteiger partial charge is 0.327 e. The van der Waals surface area contributed by atoms with E-state index in [2.05, 4.69) is 20.5 Å². The fourth-order valence-electron chi connectivity index (χ4n) is 2.00. The van der Waals surface area contributed by atoms with Crippen molar-refractivity contribution in [2.24, 2.45) is 0 Å². The van der Waals surface area contributed by atoms with Gasteiger partial charge >= 0.3 is 6.01 Å². The van der Waals surface area contributed by atoms with Crippen LogP contribution in [-0.4, -0.2) is 25.0 Å². The Kier molecular flexibility index (Phi) is 2.40. The molecular formula is C13H9N5OS. The van der Waals surface area contributed by atoms with Gasteiger partial charge in [-0.05, 0) is 40.4 Å². The first-order valence-corrected chi connectivity index (χ1v) is 6.90. The lowest BCUT2D eigenvalue weighted by Gasteiger charge is -2.07. The van der Waals surface area contributed by atoms with E-state index in [1.54, 1.807) is 11.3 Å². The van der Waals surface area contributed by atoms with Crippen molar-refractivity contribution in [2.75, 3.05) is 0 Å². The quantitative estimate of drug-likeness (QED) is 0.566. The van der Waals surface area contributed by atoms with Crippen LogP contribution in [0.1, 0.15) is 5.56 Å². The van der Waals surface area contributed by atoms with Crippen LogP contribution in [0.15, 0.2) is 35.7 Å². The molecule has 0 amide bonds. The maximum atomic E-state index is 5.87. The van der Waals surface area contributed by atoms with Gasteiger partial charge in [-0.15, -0.1) is 21.0 Å². The first kappa shape index (κ1) is 11.3. The van der Waals surface area contributed by atoms with Gasteiger partial charge < -0.3 is 4.74 Å². The number of ether oxygens (including phenoxy) is 1. The molecule has 0 aliphatic rings. The molecule has 3 aromatic heterocycles. The minimum absolute atomic E-state index is 0.366. The van der Waals surface area contributed by atoms with E-state index in [0.717, 1.165) is 21.5 Å². The Balaban J connectivity index is 1.93. The summed E-state index contributed by atoms with van der Waals surface area (Å²) < 4.78 is 8.34. The molecule has 0 saturated heterocycles. The number of rotatable bonds is 2. The number of nitrogens with zero attached hydrogens (tertiary/aromatic N) is 5. The number of aryl methyl sites for hydroxylation is 1. The Bertz CT molecular complexity index is 913. The van der Waals surface area contributed by atoms with Crippen LogP contribution < -0.4 is 4.74 Å². The van der Waals surface area contributed by atoms with Crippen molar-refractivity contribution < 1.29 is 4.74 Å². The lowest BCUT2D eigenvalue weighted by atomic mass is 10.2. The second-order valence-corrected chi connectivity index (χ2v) is 5.23. The Morgan fingerprint density at radius 3 is 3.00 bits per heavy atom. The largest absolute Gasteiger partial charge is 0.424 e. The van der Waals surface area contributed by atoms with Crippen LogP contribution in [0.4, 0.5) is 0 Å². The fourth-order valence-corrected chi connectivity index (χ4v) is 2.80. The number of tetrazole rings is 1. The zero-order valence-corrected chi connectivity index (χ0v) is 11.3. The van der Waals surface area contributed by atoms with Crippen molar-refractivity contribution in [2.45, 2.75) is 6.92 Å². The molecule has 0 atom stereocenters. The van der Waals surface area contributed by atoms with E-state index < -0.39 is 0 Å². The highest BCUT2D eigenvalue weighted by atomic mass is 32.1. The standard InChI is InChI=1S/C13H9N5OS/c1-8-4-2-3-5-10(8)19-13-14-9-6-7-20-11(9)12-15-16-17-18(12)13/h2-7H,1H3. The van der Waals surface area contributed by atoms with Gasteiger partial charge in [0.25, 0.3) is 0 Å². The van der Waals surface area contributed by atoms with Crippen molar-refractivity contribution in [3.05, 3.63) is 41.3 Å². The molecule has 98 valence electrons. The summed E-state index contributed by atoms with van der Waals surface area (Å²) in [4.78, 5) is 4.48. The van der Waals surface area contributed by atoms with Gasteiger partial charge in [-0.25, -0.2) is 0 Å². The third kappa shape index (κ3) is 1.64. The third-order valence-electron chi connectivity index (χ3n) is 3.01. The number of benzene rings is 1. The molecule has 0 aliphatic carbocycles. The first-order chi connectivity index (χ1) is 9.83. The molecular weight excluding hydrogens is 274 g/mol. The van der Waals surface area contributed by atoms with Crippen LogP contribution in [0.3, 0.4) is 0 Å². The van der Waals surface area contributed by atoms with Gasteiger partial charge in [0.05, 0.1) is 10.2 Å². The van der Waals surface area contributed by atoms with Crippen molar-refractivity contribution in [3.8, 4) is 11.8 Å². The number of thiophene rings is 1. The second kappa shape index (κ2) is 4.24. The predicted octanol–water partition coefficient (Wildman–Crippen LogP) is 2.83. The number of para-hydroxylation sites is 1. The highest BCUT2D eigenvalue weighted by Gasteiger charge is 2.14. The lowest BCUT2D eigenvalue weighted by Crippen LogP contribution is -2.00. The zero-order chi connectivity index (χ0) is 13.5. The van der Waals surface area contributed by atoms with Crippen molar-refractivity contribution in [1.29, 1.82) is 0 Å². The van der Waals surface area contributed by atoms with E-state index in [4.69, 9.17) is 4.74 Å². The molecule has 0 saturated carbocycles. The van der Waals surface area contributed by atoms with Crippen molar-refractivity contribution in [3.63, 3.8) is 0 Å². The summed E-state index contributed by atoms with van der Waals surface area (Å²) in [6.45, 7) is 1.98. The van der Waals surface area contributed by atoms with Crippen molar-refractivity contribution >= 4 is 27.2 Å². The summed E-state index contributed by atoms with van der Waals surface area (Å²) in [5.74, 6) is 0.742. The van der Waals surface area contributed by atoms with Gasteiger partial charge in [0.15, 0.2) is 0 Å². The SMILES string of the molecule is Cc1ccccc1Oc1nc2ccsc2c2nnnn12. The van der Waals surface area contributed by atoms with Crippen LogP contribution in [0.2, 0.25) is 0 Å². The summed E-state index contributed by atoms with van der Waals surface area (Å²) >= 11 is 1.56. The molecule has 6 nitrogen and oxygen atoms in total. The molecule has 0 N–H and O–H groups in total. The van der Waals surface area contributed by atoms with E-state index in [1.807, 2.05) is 42.6 Å². The molecule has 0 unspecified atom stereocenters. The Labute approximate surface area is 117 Å². The molecule has 4 rings (SSSR count). The van der Waals surface area contributed by atoms with Gasteiger partial charge in [-0.3, -0.25) is 0 Å². The van der Waals surface area contributed by atoms with Crippen LogP contribution in [0, 0.1) is 6.92 Å². The minimum Gasteiger partial charge on any atom is -0.424 e. The summed E-state index contributed by atoms with van der Waals surface area (Å²) in [5.41, 5.74) is 2.52. The number of hydrogen-bond acceptors (Lipinski definition) is 6. The summed E-state index contributed by atoms with van der Waals surface area (Å²) in [6, 6.07) is 10.1.